The molecule has 0 saturated carbocycles. The Morgan fingerprint density at radius 2 is 1.89 bits per heavy atom. The maximum atomic E-state index is 12.4. The number of H-pyrrole nitrogens is 1. The van der Waals surface area contributed by atoms with Gasteiger partial charge in [0.05, 0.1) is 10.6 Å². The second-order valence-corrected chi connectivity index (χ2v) is 6.72. The average Bonchev–Trinajstić information content (AvgIpc) is 3.13. The first kappa shape index (κ1) is 19.4. The molecular formula is C20H18ClN3O4. The largest absolute Gasteiger partial charge is 0.480 e. The van der Waals surface area contributed by atoms with E-state index >= 15 is 0 Å². The molecule has 0 unspecified atom stereocenters. The highest BCUT2D eigenvalue weighted by Gasteiger charge is 2.17. The number of benzene rings is 2. The average molecular weight is 400 g/mol. The predicted molar refractivity (Wildman–Crippen MR) is 105 cm³/mol. The summed E-state index contributed by atoms with van der Waals surface area (Å²) in [6.07, 6.45) is 1.81. The number of carboxylic acid groups (broad SMARTS) is 1. The highest BCUT2D eigenvalue weighted by Crippen LogP contribution is 2.19. The fourth-order valence-electron chi connectivity index (χ4n) is 2.67. The first-order valence-electron chi connectivity index (χ1n) is 8.52. The van der Waals surface area contributed by atoms with Crippen LogP contribution in [0.4, 0.5) is 0 Å². The number of carboxylic acids is 1. The zero-order valence-electron chi connectivity index (χ0n) is 15.0. The molecule has 0 radical (unpaired) electrons. The lowest BCUT2D eigenvalue weighted by Gasteiger charge is -2.11. The molecule has 2 amide bonds. The summed E-state index contributed by atoms with van der Waals surface area (Å²) in [4.78, 5) is 38.4. The number of aromatic amines is 1. The van der Waals surface area contributed by atoms with Gasteiger partial charge in [0.1, 0.15) is 6.04 Å². The molecule has 0 bridgehead atoms. The summed E-state index contributed by atoms with van der Waals surface area (Å²) in [5.74, 6) is -1.94. The van der Waals surface area contributed by atoms with Crippen LogP contribution < -0.4 is 10.6 Å². The van der Waals surface area contributed by atoms with Crippen molar-refractivity contribution in [2.45, 2.75) is 19.5 Å². The number of carbonyl (C=O) groups is 3. The number of rotatable bonds is 6. The van der Waals surface area contributed by atoms with Crippen molar-refractivity contribution in [2.75, 3.05) is 0 Å². The van der Waals surface area contributed by atoms with Gasteiger partial charge in [-0.25, -0.2) is 0 Å². The minimum atomic E-state index is -1.14. The van der Waals surface area contributed by atoms with Gasteiger partial charge in [-0.15, -0.1) is 0 Å². The zero-order chi connectivity index (χ0) is 20.3. The summed E-state index contributed by atoms with van der Waals surface area (Å²) >= 11 is 6.15. The third kappa shape index (κ3) is 4.32. The predicted octanol–water partition coefficient (Wildman–Crippen LogP) is 2.95. The Balaban J connectivity index is 1.64. The minimum absolute atomic E-state index is 0.169. The van der Waals surface area contributed by atoms with E-state index in [1.54, 1.807) is 24.3 Å². The Labute approximate surface area is 165 Å². The third-order valence-corrected chi connectivity index (χ3v) is 4.58. The number of halogens is 1. The van der Waals surface area contributed by atoms with Crippen molar-refractivity contribution in [3.8, 4) is 0 Å². The van der Waals surface area contributed by atoms with Gasteiger partial charge < -0.3 is 20.7 Å². The van der Waals surface area contributed by atoms with E-state index in [9.17, 15) is 14.4 Å². The minimum Gasteiger partial charge on any atom is -0.480 e. The summed E-state index contributed by atoms with van der Waals surface area (Å²) in [7, 11) is 0. The molecule has 8 heteroatoms. The van der Waals surface area contributed by atoms with Crippen LogP contribution in [0.15, 0.2) is 48.7 Å². The number of carbonyl (C=O) groups excluding carboxylic acids is 2. The van der Waals surface area contributed by atoms with Crippen molar-refractivity contribution in [1.82, 2.24) is 15.6 Å². The van der Waals surface area contributed by atoms with Crippen molar-refractivity contribution in [2.24, 2.45) is 0 Å². The first-order chi connectivity index (χ1) is 13.3. The molecule has 0 spiro atoms. The van der Waals surface area contributed by atoms with Gasteiger partial charge in [-0.2, -0.15) is 0 Å². The summed E-state index contributed by atoms with van der Waals surface area (Å²) in [6.45, 7) is 1.60. The molecule has 0 fully saturated rings. The van der Waals surface area contributed by atoms with Crippen molar-refractivity contribution in [3.05, 3.63) is 70.4 Å². The Bertz CT molecular complexity index is 1060. The summed E-state index contributed by atoms with van der Waals surface area (Å²) in [6, 6.07) is 11.0. The highest BCUT2D eigenvalue weighted by atomic mass is 35.5. The molecule has 0 aliphatic carbocycles. The van der Waals surface area contributed by atoms with Crippen LogP contribution >= 0.6 is 11.6 Å². The number of fused-ring (bicyclic) bond motifs is 1. The van der Waals surface area contributed by atoms with E-state index in [4.69, 9.17) is 16.7 Å². The summed E-state index contributed by atoms with van der Waals surface area (Å²) in [5.41, 5.74) is 2.37. The quantitative estimate of drug-likeness (QED) is 0.510. The van der Waals surface area contributed by atoms with Crippen LogP contribution in [0.1, 0.15) is 33.2 Å². The number of amides is 2. The van der Waals surface area contributed by atoms with Crippen LogP contribution in [-0.2, 0) is 11.3 Å². The van der Waals surface area contributed by atoms with Crippen molar-refractivity contribution >= 4 is 40.3 Å². The van der Waals surface area contributed by atoms with Crippen LogP contribution in [0, 0.1) is 0 Å². The normalized spacial score (nSPS) is 11.8. The monoisotopic (exact) mass is 399 g/mol. The van der Waals surface area contributed by atoms with E-state index in [-0.39, 0.29) is 23.0 Å². The second-order valence-electron chi connectivity index (χ2n) is 6.31. The number of aliphatic carboxylic acids is 1. The van der Waals surface area contributed by atoms with E-state index in [0.29, 0.717) is 11.1 Å². The number of nitrogens with one attached hydrogen (secondary N) is 3. The molecule has 0 saturated heterocycles. The molecule has 0 aliphatic heterocycles. The lowest BCUT2D eigenvalue weighted by molar-refractivity contribution is -0.138. The number of hydrogen-bond acceptors (Lipinski definition) is 3. The van der Waals surface area contributed by atoms with Gasteiger partial charge >= 0.3 is 5.97 Å². The second kappa shape index (κ2) is 8.14. The van der Waals surface area contributed by atoms with Gasteiger partial charge in [0.25, 0.3) is 11.8 Å². The van der Waals surface area contributed by atoms with E-state index in [1.165, 1.54) is 13.0 Å². The molecule has 1 atom stereocenters. The molecular weight excluding hydrogens is 382 g/mol. The maximum Gasteiger partial charge on any atom is 0.325 e. The van der Waals surface area contributed by atoms with E-state index in [2.05, 4.69) is 15.6 Å². The molecule has 3 rings (SSSR count). The van der Waals surface area contributed by atoms with Crippen LogP contribution in [0.5, 0.6) is 0 Å². The zero-order valence-corrected chi connectivity index (χ0v) is 15.7. The van der Waals surface area contributed by atoms with E-state index in [1.807, 2.05) is 18.3 Å². The van der Waals surface area contributed by atoms with Crippen LogP contribution in [0.3, 0.4) is 0 Å². The first-order valence-corrected chi connectivity index (χ1v) is 8.90. The van der Waals surface area contributed by atoms with Crippen molar-refractivity contribution < 1.29 is 19.5 Å². The lowest BCUT2D eigenvalue weighted by Crippen LogP contribution is -2.38. The van der Waals surface area contributed by atoms with Gasteiger partial charge in [0.2, 0.25) is 0 Å². The highest BCUT2D eigenvalue weighted by molar-refractivity contribution is 6.34. The van der Waals surface area contributed by atoms with Gasteiger partial charge in [-0.05, 0) is 48.9 Å². The van der Waals surface area contributed by atoms with Crippen LogP contribution in [-0.4, -0.2) is 33.9 Å². The third-order valence-electron chi connectivity index (χ3n) is 4.26. The molecule has 4 N–H and O–H groups in total. The summed E-state index contributed by atoms with van der Waals surface area (Å²) in [5, 5.41) is 15.1. The fourth-order valence-corrected chi connectivity index (χ4v) is 2.96. The Kier molecular flexibility index (Phi) is 5.65. The molecule has 7 nitrogen and oxygen atoms in total. The number of hydrogen-bond donors (Lipinski definition) is 4. The molecule has 2 aromatic carbocycles. The SMILES string of the molecule is C[C@H](NC(=O)c1ccc(CNC(=O)c2ccc3[nH]ccc3c2)cc1Cl)C(=O)O. The van der Waals surface area contributed by atoms with Crippen molar-refractivity contribution in [1.29, 1.82) is 0 Å². The van der Waals surface area contributed by atoms with Crippen LogP contribution in [0.2, 0.25) is 5.02 Å². The standard InChI is InChI=1S/C20H18ClN3O4/c1-11(20(27)28)24-19(26)15-4-2-12(8-16(15)21)10-23-18(25)14-3-5-17-13(9-14)6-7-22-17/h2-9,11,22H,10H2,1H3,(H,23,25)(H,24,26)(H,27,28)/t11-/m0/s1. The molecule has 28 heavy (non-hydrogen) atoms. The lowest BCUT2D eigenvalue weighted by atomic mass is 10.1. The topological polar surface area (TPSA) is 111 Å². The number of aromatic nitrogens is 1. The van der Waals surface area contributed by atoms with Gasteiger partial charge in [-0.3, -0.25) is 14.4 Å². The van der Waals surface area contributed by atoms with Gasteiger partial charge in [0.15, 0.2) is 0 Å². The molecule has 0 aliphatic rings. The molecule has 1 heterocycles. The fraction of sp³-hybridized carbons (Fsp3) is 0.150. The van der Waals surface area contributed by atoms with Gasteiger partial charge in [-0.1, -0.05) is 17.7 Å². The maximum absolute atomic E-state index is 12.4. The Hall–Kier alpha value is -3.32. The Morgan fingerprint density at radius 1 is 1.11 bits per heavy atom. The van der Waals surface area contributed by atoms with Crippen molar-refractivity contribution in [3.63, 3.8) is 0 Å². The smallest absolute Gasteiger partial charge is 0.325 e. The molecule has 1 aromatic heterocycles. The van der Waals surface area contributed by atoms with E-state index in [0.717, 1.165) is 10.9 Å². The molecule has 3 aromatic rings. The van der Waals surface area contributed by atoms with Crippen LogP contribution in [0.25, 0.3) is 10.9 Å². The molecule has 144 valence electrons. The van der Waals surface area contributed by atoms with Gasteiger partial charge in [0, 0.05) is 29.2 Å². The van der Waals surface area contributed by atoms with E-state index < -0.39 is 17.9 Å². The Morgan fingerprint density at radius 3 is 2.61 bits per heavy atom. The summed E-state index contributed by atoms with van der Waals surface area (Å²) < 4.78 is 0.